The van der Waals surface area contributed by atoms with E-state index in [1.54, 1.807) is 11.3 Å². The van der Waals surface area contributed by atoms with Crippen molar-refractivity contribution in [3.63, 3.8) is 0 Å². The molecular formula is C9H13BrClNS. The molecule has 0 spiro atoms. The summed E-state index contributed by atoms with van der Waals surface area (Å²) in [6, 6.07) is 2.49. The first-order chi connectivity index (χ1) is 6.06. The molecule has 0 fully saturated rings. The highest BCUT2D eigenvalue weighted by Crippen LogP contribution is 2.37. The fourth-order valence-electron chi connectivity index (χ4n) is 1.32. The Hall–Kier alpha value is 0.430. The van der Waals surface area contributed by atoms with E-state index in [9.17, 15) is 0 Å². The van der Waals surface area contributed by atoms with Gasteiger partial charge >= 0.3 is 0 Å². The lowest BCUT2D eigenvalue weighted by atomic mass is 10.0. The Morgan fingerprint density at radius 2 is 2.15 bits per heavy atom. The first-order valence-corrected chi connectivity index (χ1v) is 6.17. The van der Waals surface area contributed by atoms with Crippen LogP contribution < -0.4 is 5.32 Å². The van der Waals surface area contributed by atoms with Crippen molar-refractivity contribution in [2.45, 2.75) is 19.9 Å². The highest BCUT2D eigenvalue weighted by atomic mass is 79.9. The summed E-state index contributed by atoms with van der Waals surface area (Å²) in [7, 11) is 1.98. The van der Waals surface area contributed by atoms with Gasteiger partial charge in [0.25, 0.3) is 0 Å². The van der Waals surface area contributed by atoms with E-state index < -0.39 is 0 Å². The van der Waals surface area contributed by atoms with Crippen LogP contribution in [0.5, 0.6) is 0 Å². The van der Waals surface area contributed by atoms with Gasteiger partial charge in [0.1, 0.15) is 4.34 Å². The summed E-state index contributed by atoms with van der Waals surface area (Å²) in [5.74, 6) is 0.576. The molecule has 0 aliphatic carbocycles. The number of hydrogen-bond acceptors (Lipinski definition) is 2. The topological polar surface area (TPSA) is 12.0 Å². The van der Waals surface area contributed by atoms with Crippen LogP contribution in [0.25, 0.3) is 0 Å². The number of halogens is 2. The van der Waals surface area contributed by atoms with Crippen LogP contribution in [-0.4, -0.2) is 7.05 Å². The standard InChI is InChI=1S/C9H13BrClNS/c1-5(2)8(12-3)7-4-6(10)9(11)13-7/h4-5,8,12H,1-3H3. The molecular weight excluding hydrogens is 270 g/mol. The normalized spacial score (nSPS) is 13.7. The average molecular weight is 283 g/mol. The zero-order valence-corrected chi connectivity index (χ0v) is 11.1. The predicted octanol–water partition coefficient (Wildman–Crippen LogP) is 4.08. The second kappa shape index (κ2) is 4.78. The number of thiophene rings is 1. The highest BCUT2D eigenvalue weighted by molar-refractivity contribution is 9.10. The second-order valence-electron chi connectivity index (χ2n) is 3.28. The first kappa shape index (κ1) is 11.5. The van der Waals surface area contributed by atoms with E-state index in [0.29, 0.717) is 12.0 Å². The fraction of sp³-hybridized carbons (Fsp3) is 0.556. The smallest absolute Gasteiger partial charge is 0.107 e. The summed E-state index contributed by atoms with van der Waals surface area (Å²) in [5, 5.41) is 3.29. The van der Waals surface area contributed by atoms with E-state index in [1.165, 1.54) is 4.88 Å². The van der Waals surface area contributed by atoms with Crippen molar-refractivity contribution in [2.24, 2.45) is 5.92 Å². The quantitative estimate of drug-likeness (QED) is 0.881. The minimum absolute atomic E-state index is 0.397. The molecule has 1 unspecified atom stereocenters. The number of nitrogens with one attached hydrogen (secondary N) is 1. The molecule has 0 amide bonds. The molecule has 13 heavy (non-hydrogen) atoms. The van der Waals surface area contributed by atoms with E-state index in [-0.39, 0.29) is 0 Å². The first-order valence-electron chi connectivity index (χ1n) is 4.18. The van der Waals surface area contributed by atoms with Gasteiger partial charge in [-0.15, -0.1) is 11.3 Å². The van der Waals surface area contributed by atoms with Crippen molar-refractivity contribution < 1.29 is 0 Å². The molecule has 1 nitrogen and oxygen atoms in total. The maximum atomic E-state index is 5.98. The Bertz CT molecular complexity index is 266. The molecule has 0 radical (unpaired) electrons. The summed E-state index contributed by atoms with van der Waals surface area (Å²) in [6.07, 6.45) is 0. The van der Waals surface area contributed by atoms with Crippen LogP contribution in [0.1, 0.15) is 24.8 Å². The minimum Gasteiger partial charge on any atom is -0.312 e. The zero-order valence-electron chi connectivity index (χ0n) is 7.90. The van der Waals surface area contributed by atoms with Crippen LogP contribution >= 0.6 is 38.9 Å². The molecule has 0 aliphatic rings. The maximum Gasteiger partial charge on any atom is 0.107 e. The van der Waals surface area contributed by atoms with Crippen molar-refractivity contribution in [3.8, 4) is 0 Å². The molecule has 0 aliphatic heterocycles. The fourth-order valence-corrected chi connectivity index (χ4v) is 3.34. The summed E-state index contributed by atoms with van der Waals surface area (Å²) >= 11 is 11.0. The summed E-state index contributed by atoms with van der Waals surface area (Å²) in [5.41, 5.74) is 0. The third-order valence-corrected chi connectivity index (χ3v) is 4.51. The molecule has 0 bridgehead atoms. The van der Waals surface area contributed by atoms with Gasteiger partial charge in [-0.2, -0.15) is 0 Å². The molecule has 1 aromatic heterocycles. The third kappa shape index (κ3) is 2.69. The van der Waals surface area contributed by atoms with Crippen LogP contribution in [0.15, 0.2) is 10.5 Å². The number of hydrogen-bond donors (Lipinski definition) is 1. The van der Waals surface area contributed by atoms with Crippen LogP contribution in [0.4, 0.5) is 0 Å². The lowest BCUT2D eigenvalue weighted by Gasteiger charge is -2.18. The highest BCUT2D eigenvalue weighted by Gasteiger charge is 2.17. The van der Waals surface area contributed by atoms with E-state index in [2.05, 4.69) is 41.2 Å². The Balaban J connectivity index is 2.92. The summed E-state index contributed by atoms with van der Waals surface area (Å²) in [6.45, 7) is 4.39. The van der Waals surface area contributed by atoms with Gasteiger partial charge in [-0.25, -0.2) is 0 Å². The second-order valence-corrected chi connectivity index (χ2v) is 5.82. The SMILES string of the molecule is CNC(c1cc(Br)c(Cl)s1)C(C)C. The Morgan fingerprint density at radius 1 is 1.54 bits per heavy atom. The van der Waals surface area contributed by atoms with Gasteiger partial charge < -0.3 is 5.32 Å². The van der Waals surface area contributed by atoms with E-state index in [4.69, 9.17) is 11.6 Å². The molecule has 1 atom stereocenters. The van der Waals surface area contributed by atoms with E-state index in [0.717, 1.165) is 8.81 Å². The molecule has 1 rings (SSSR count). The lowest BCUT2D eigenvalue weighted by Crippen LogP contribution is -2.20. The molecule has 0 saturated carbocycles. The van der Waals surface area contributed by atoms with Crippen LogP contribution in [0, 0.1) is 5.92 Å². The average Bonchev–Trinajstić information content (AvgIpc) is 2.32. The monoisotopic (exact) mass is 281 g/mol. The van der Waals surface area contributed by atoms with Gasteiger partial charge in [0.2, 0.25) is 0 Å². The van der Waals surface area contributed by atoms with E-state index in [1.807, 2.05) is 7.05 Å². The largest absolute Gasteiger partial charge is 0.312 e. The molecule has 1 aromatic rings. The Labute approximate surface area is 96.6 Å². The van der Waals surface area contributed by atoms with Crippen molar-refractivity contribution in [2.75, 3.05) is 7.05 Å². The predicted molar refractivity (Wildman–Crippen MR) is 63.7 cm³/mol. The lowest BCUT2D eigenvalue weighted by molar-refractivity contribution is 0.449. The summed E-state index contributed by atoms with van der Waals surface area (Å²) in [4.78, 5) is 1.29. The minimum atomic E-state index is 0.397. The molecule has 0 saturated heterocycles. The Kier molecular flexibility index (Phi) is 4.23. The van der Waals surface area contributed by atoms with Gasteiger partial charge in [0, 0.05) is 15.4 Å². The van der Waals surface area contributed by atoms with Gasteiger partial charge in [0.05, 0.1) is 0 Å². The number of rotatable bonds is 3. The zero-order chi connectivity index (χ0) is 10.0. The van der Waals surface area contributed by atoms with Gasteiger partial charge in [0.15, 0.2) is 0 Å². The van der Waals surface area contributed by atoms with Crippen molar-refractivity contribution in [1.29, 1.82) is 0 Å². The van der Waals surface area contributed by atoms with Crippen molar-refractivity contribution >= 4 is 38.9 Å². The van der Waals surface area contributed by atoms with Crippen LogP contribution in [0.3, 0.4) is 0 Å². The maximum absolute atomic E-state index is 5.98. The molecule has 0 aromatic carbocycles. The van der Waals surface area contributed by atoms with Gasteiger partial charge in [-0.3, -0.25) is 0 Å². The van der Waals surface area contributed by atoms with E-state index >= 15 is 0 Å². The molecule has 1 N–H and O–H groups in total. The van der Waals surface area contributed by atoms with Crippen molar-refractivity contribution in [1.82, 2.24) is 5.32 Å². The van der Waals surface area contributed by atoms with Crippen molar-refractivity contribution in [3.05, 3.63) is 19.8 Å². The molecule has 4 heteroatoms. The third-order valence-electron chi connectivity index (χ3n) is 1.95. The molecule has 1 heterocycles. The van der Waals surface area contributed by atoms with Crippen LogP contribution in [0.2, 0.25) is 4.34 Å². The van der Waals surface area contributed by atoms with Gasteiger partial charge in [-0.1, -0.05) is 25.4 Å². The molecule has 74 valence electrons. The Morgan fingerprint density at radius 3 is 2.46 bits per heavy atom. The van der Waals surface area contributed by atoms with Gasteiger partial charge in [-0.05, 0) is 35.0 Å². The van der Waals surface area contributed by atoms with Crippen LogP contribution in [-0.2, 0) is 0 Å². The summed E-state index contributed by atoms with van der Waals surface area (Å²) < 4.78 is 1.82.